The van der Waals surface area contributed by atoms with Crippen molar-refractivity contribution in [3.8, 4) is 0 Å². The van der Waals surface area contributed by atoms with Crippen LogP contribution in [0.2, 0.25) is 0 Å². The summed E-state index contributed by atoms with van der Waals surface area (Å²) in [5, 5.41) is 11.0. The van der Waals surface area contributed by atoms with Crippen molar-refractivity contribution < 1.29 is 84.1 Å². The zero-order valence-electron chi connectivity index (χ0n) is 15.2. The first-order chi connectivity index (χ1) is 14.7. The summed E-state index contributed by atoms with van der Waals surface area (Å²) in [4.78, 5) is 0. The molecule has 0 unspecified atom stereocenters. The van der Waals surface area contributed by atoms with Crippen LogP contribution >= 0.6 is 0 Å². The van der Waals surface area contributed by atoms with E-state index in [0.717, 1.165) is 0 Å². The molecule has 0 bridgehead atoms. The van der Waals surface area contributed by atoms with Gasteiger partial charge in [-0.25, -0.2) is 5.11 Å². The molecule has 0 heterocycles. The fourth-order valence-electron chi connectivity index (χ4n) is 2.42. The Morgan fingerprint density at radius 3 is 0.941 bits per heavy atom. The van der Waals surface area contributed by atoms with Gasteiger partial charge in [-0.3, -0.25) is 0 Å². The number of halogens is 18. The minimum Gasteiger partial charge on any atom is -0.232 e. The first-order valence-corrected chi connectivity index (χ1v) is 7.79. The van der Waals surface area contributed by atoms with Gasteiger partial charge < -0.3 is 0 Å². The molecule has 0 N–H and O–H groups in total. The summed E-state index contributed by atoms with van der Waals surface area (Å²) in [5.41, 5.74) is -9.22. The third kappa shape index (κ3) is 3.92. The maximum absolute atomic E-state index is 14.1. The van der Waals surface area contributed by atoms with Crippen LogP contribution in [0, 0.1) is 0 Å². The molecule has 1 aromatic rings. The lowest BCUT2D eigenvalue weighted by atomic mass is 9.86. The molecule has 19 heteroatoms. The predicted octanol–water partition coefficient (Wildman–Crippen LogP) is 7.47. The minimum atomic E-state index is -7.64. The van der Waals surface area contributed by atoms with Gasteiger partial charge in [0, 0.05) is 11.1 Å². The van der Waals surface area contributed by atoms with Crippen molar-refractivity contribution in [3.05, 3.63) is 34.9 Å². The molecule has 0 saturated heterocycles. The molecule has 0 amide bonds. The highest BCUT2D eigenvalue weighted by atomic mass is 19.4. The molecular formula is C15H5F18O. The van der Waals surface area contributed by atoms with E-state index in [4.69, 9.17) is 0 Å². The number of hydrogen-bond acceptors (Lipinski definition) is 0. The maximum Gasteiger partial charge on any atom is 0.460 e. The third-order valence-electron chi connectivity index (χ3n) is 4.29. The Morgan fingerprint density at radius 2 is 0.735 bits per heavy atom. The molecule has 0 aliphatic rings. The monoisotopic (exact) mass is 543 g/mol. The summed E-state index contributed by atoms with van der Waals surface area (Å²) < 4.78 is 236. The van der Waals surface area contributed by atoms with Crippen LogP contribution in [0.1, 0.15) is 16.7 Å². The van der Waals surface area contributed by atoms with Gasteiger partial charge in [-0.2, -0.15) is 79.0 Å². The SMILES string of the molecule is [O]Cc1c(C(F)(F)C(F)(F)C(F)(F)C(F)(F)F)cccc1C(F)(F)C(F)(F)C(F)(F)C(F)(F)F. The predicted molar refractivity (Wildman–Crippen MR) is 70.5 cm³/mol. The molecular weight excluding hydrogens is 538 g/mol. The Kier molecular flexibility index (Phi) is 7.02. The minimum absolute atomic E-state index is 0.477. The number of hydrogen-bond donors (Lipinski definition) is 0. The molecule has 0 saturated carbocycles. The fraction of sp³-hybridized carbons (Fsp3) is 0.600. The van der Waals surface area contributed by atoms with Gasteiger partial charge in [-0.05, 0) is 5.56 Å². The van der Waals surface area contributed by atoms with E-state index in [-0.39, 0.29) is 0 Å². The van der Waals surface area contributed by atoms with E-state index in [1.807, 2.05) is 0 Å². The normalized spacial score (nSPS) is 15.6. The molecule has 0 aromatic heterocycles. The Bertz CT molecular complexity index is 825. The highest BCUT2D eigenvalue weighted by Gasteiger charge is 2.84. The Balaban J connectivity index is 3.93. The first kappa shape index (κ1) is 30.0. The molecule has 1 aromatic carbocycles. The lowest BCUT2D eigenvalue weighted by Crippen LogP contribution is -2.60. The highest BCUT2D eigenvalue weighted by molar-refractivity contribution is 5.43. The van der Waals surface area contributed by atoms with Crippen molar-refractivity contribution >= 4 is 0 Å². The third-order valence-corrected chi connectivity index (χ3v) is 4.29. The fourth-order valence-corrected chi connectivity index (χ4v) is 2.42. The van der Waals surface area contributed by atoms with Crippen LogP contribution in [0.3, 0.4) is 0 Å². The molecule has 0 aliphatic carbocycles. The molecule has 34 heavy (non-hydrogen) atoms. The molecule has 0 fully saturated rings. The topological polar surface area (TPSA) is 19.9 Å². The summed E-state index contributed by atoms with van der Waals surface area (Å²) in [5.74, 6) is -44.4. The second-order valence-electron chi connectivity index (χ2n) is 6.42. The van der Waals surface area contributed by atoms with E-state index in [0.29, 0.717) is 0 Å². The zero-order valence-corrected chi connectivity index (χ0v) is 15.2. The number of rotatable bonds is 7. The zero-order chi connectivity index (χ0) is 27.6. The van der Waals surface area contributed by atoms with Crippen LogP contribution in [-0.2, 0) is 23.6 Å². The van der Waals surface area contributed by atoms with Gasteiger partial charge in [0.1, 0.15) is 6.61 Å². The van der Waals surface area contributed by atoms with E-state index in [1.54, 1.807) is 0 Å². The maximum atomic E-state index is 14.1. The van der Waals surface area contributed by atoms with Crippen molar-refractivity contribution in [2.45, 2.75) is 54.5 Å². The van der Waals surface area contributed by atoms with Crippen LogP contribution < -0.4 is 0 Å². The van der Waals surface area contributed by atoms with Gasteiger partial charge in [0.15, 0.2) is 0 Å². The standard InChI is InChI=1S/C15H5F18O/c16-8(17,10(20,21)12(24,25)14(28,29)30)6-2-1-3-7(5(6)4-34)9(18,19)11(22,23)13(26,27)15(31,32)33/h1-3H,4H2. The van der Waals surface area contributed by atoms with Gasteiger partial charge in [0.2, 0.25) is 0 Å². The molecule has 1 radical (unpaired) electrons. The van der Waals surface area contributed by atoms with Gasteiger partial charge in [-0.1, -0.05) is 18.2 Å². The Labute approximate surface area is 174 Å². The first-order valence-electron chi connectivity index (χ1n) is 7.79. The van der Waals surface area contributed by atoms with Crippen LogP contribution in [0.5, 0.6) is 0 Å². The summed E-state index contributed by atoms with van der Waals surface area (Å²) in [6, 6.07) is -1.85. The van der Waals surface area contributed by atoms with Gasteiger partial charge in [-0.15, -0.1) is 0 Å². The second-order valence-corrected chi connectivity index (χ2v) is 6.42. The van der Waals surface area contributed by atoms with Crippen molar-refractivity contribution in [1.29, 1.82) is 0 Å². The van der Waals surface area contributed by atoms with Gasteiger partial charge >= 0.3 is 47.9 Å². The quantitative estimate of drug-likeness (QED) is 0.318. The second kappa shape index (κ2) is 7.97. The average molecular weight is 543 g/mol. The molecule has 197 valence electrons. The lowest BCUT2D eigenvalue weighted by molar-refractivity contribution is -0.400. The molecule has 1 nitrogen and oxygen atoms in total. The summed E-state index contributed by atoms with van der Waals surface area (Å²) in [7, 11) is 0. The van der Waals surface area contributed by atoms with E-state index in [1.165, 1.54) is 0 Å². The lowest BCUT2D eigenvalue weighted by Gasteiger charge is -2.36. The Morgan fingerprint density at radius 1 is 0.471 bits per heavy atom. The largest absolute Gasteiger partial charge is 0.460 e. The van der Waals surface area contributed by atoms with E-state index >= 15 is 0 Å². The van der Waals surface area contributed by atoms with Crippen LogP contribution in [0.25, 0.3) is 0 Å². The molecule has 1 rings (SSSR count). The summed E-state index contributed by atoms with van der Waals surface area (Å²) >= 11 is 0. The number of alkyl halides is 18. The van der Waals surface area contributed by atoms with Crippen molar-refractivity contribution in [3.63, 3.8) is 0 Å². The van der Waals surface area contributed by atoms with E-state index in [2.05, 4.69) is 0 Å². The van der Waals surface area contributed by atoms with Crippen molar-refractivity contribution in [2.24, 2.45) is 0 Å². The van der Waals surface area contributed by atoms with Gasteiger partial charge in [0.05, 0.1) is 0 Å². The van der Waals surface area contributed by atoms with E-state index in [9.17, 15) is 84.1 Å². The molecule has 0 atom stereocenters. The van der Waals surface area contributed by atoms with Crippen LogP contribution in [0.4, 0.5) is 79.0 Å². The highest BCUT2D eigenvalue weighted by Crippen LogP contribution is 2.60. The smallest absolute Gasteiger partial charge is 0.232 e. The molecule has 0 aliphatic heterocycles. The molecule has 0 spiro atoms. The summed E-state index contributed by atoms with van der Waals surface area (Å²) in [6.45, 7) is -2.86. The van der Waals surface area contributed by atoms with Crippen LogP contribution in [-0.4, -0.2) is 36.0 Å². The van der Waals surface area contributed by atoms with Crippen molar-refractivity contribution in [2.75, 3.05) is 0 Å². The van der Waals surface area contributed by atoms with Gasteiger partial charge in [0.25, 0.3) is 0 Å². The number of benzene rings is 1. The van der Waals surface area contributed by atoms with Crippen LogP contribution in [0.15, 0.2) is 18.2 Å². The summed E-state index contributed by atoms with van der Waals surface area (Å²) in [6.07, 6.45) is -14.9. The van der Waals surface area contributed by atoms with E-state index < -0.39 is 89.4 Å². The Hall–Kier alpha value is -2.08. The van der Waals surface area contributed by atoms with Crippen molar-refractivity contribution in [1.82, 2.24) is 0 Å². The average Bonchev–Trinajstić information content (AvgIpc) is 2.64.